The van der Waals surface area contributed by atoms with Crippen molar-refractivity contribution in [3.8, 4) is 6.07 Å². The standard InChI is InChI=1S/C12H16N4/c1-3-8-15-12(14)16(2)11-7-5-4-6-10(11)9-13/h4-7H,3,8H2,1-2H3,(H2,14,15). The highest BCUT2D eigenvalue weighted by molar-refractivity contribution is 5.95. The van der Waals surface area contributed by atoms with Crippen molar-refractivity contribution in [3.63, 3.8) is 0 Å². The number of nitrogens with zero attached hydrogens (tertiary/aromatic N) is 3. The van der Waals surface area contributed by atoms with Gasteiger partial charge in [-0.3, -0.25) is 4.99 Å². The molecular weight excluding hydrogens is 200 g/mol. The average molecular weight is 216 g/mol. The van der Waals surface area contributed by atoms with E-state index < -0.39 is 0 Å². The highest BCUT2D eigenvalue weighted by atomic mass is 15.2. The van der Waals surface area contributed by atoms with Gasteiger partial charge < -0.3 is 10.6 Å². The molecule has 0 aliphatic heterocycles. The summed E-state index contributed by atoms with van der Waals surface area (Å²) in [6, 6.07) is 9.46. The molecule has 0 spiro atoms. The van der Waals surface area contributed by atoms with Gasteiger partial charge in [0.05, 0.1) is 11.3 Å². The number of nitriles is 1. The van der Waals surface area contributed by atoms with E-state index in [1.807, 2.05) is 32.2 Å². The molecule has 0 aliphatic rings. The summed E-state index contributed by atoms with van der Waals surface area (Å²) in [6.45, 7) is 2.74. The molecule has 16 heavy (non-hydrogen) atoms. The summed E-state index contributed by atoms with van der Waals surface area (Å²) in [4.78, 5) is 5.94. The number of anilines is 1. The van der Waals surface area contributed by atoms with Crippen LogP contribution in [0.2, 0.25) is 0 Å². The number of guanidine groups is 1. The fraction of sp³-hybridized carbons (Fsp3) is 0.333. The summed E-state index contributed by atoms with van der Waals surface area (Å²) in [6.07, 6.45) is 0.953. The number of hydrogen-bond acceptors (Lipinski definition) is 2. The average Bonchev–Trinajstić information content (AvgIpc) is 2.34. The molecule has 84 valence electrons. The molecule has 4 heteroatoms. The van der Waals surface area contributed by atoms with Gasteiger partial charge in [-0.2, -0.15) is 5.26 Å². The fourth-order valence-electron chi connectivity index (χ4n) is 1.32. The van der Waals surface area contributed by atoms with Crippen molar-refractivity contribution in [2.45, 2.75) is 13.3 Å². The minimum Gasteiger partial charge on any atom is -0.370 e. The van der Waals surface area contributed by atoms with Crippen LogP contribution in [0, 0.1) is 11.3 Å². The molecule has 0 aromatic heterocycles. The summed E-state index contributed by atoms with van der Waals surface area (Å²) in [5, 5.41) is 8.97. The second-order valence-corrected chi connectivity index (χ2v) is 3.43. The molecule has 1 rings (SSSR count). The van der Waals surface area contributed by atoms with Gasteiger partial charge in [-0.1, -0.05) is 19.1 Å². The predicted octanol–water partition coefficient (Wildman–Crippen LogP) is 1.72. The summed E-state index contributed by atoms with van der Waals surface area (Å²) < 4.78 is 0. The number of hydrogen-bond donors (Lipinski definition) is 1. The van der Waals surface area contributed by atoms with E-state index in [0.29, 0.717) is 18.1 Å². The van der Waals surface area contributed by atoms with E-state index in [0.717, 1.165) is 12.1 Å². The van der Waals surface area contributed by atoms with E-state index >= 15 is 0 Å². The van der Waals surface area contributed by atoms with Gasteiger partial charge in [0.1, 0.15) is 6.07 Å². The van der Waals surface area contributed by atoms with Crippen LogP contribution in [-0.4, -0.2) is 19.6 Å². The van der Waals surface area contributed by atoms with E-state index in [2.05, 4.69) is 11.1 Å². The van der Waals surface area contributed by atoms with Gasteiger partial charge in [0.15, 0.2) is 5.96 Å². The van der Waals surface area contributed by atoms with Gasteiger partial charge in [-0.25, -0.2) is 0 Å². The normalized spacial score (nSPS) is 10.9. The third-order valence-electron chi connectivity index (χ3n) is 2.23. The Labute approximate surface area is 96.0 Å². The maximum Gasteiger partial charge on any atom is 0.195 e. The minimum atomic E-state index is 0.435. The molecule has 2 N–H and O–H groups in total. The largest absolute Gasteiger partial charge is 0.370 e. The molecular formula is C12H16N4. The van der Waals surface area contributed by atoms with Crippen molar-refractivity contribution in [2.75, 3.05) is 18.5 Å². The first-order chi connectivity index (χ1) is 7.70. The molecule has 1 aromatic rings. The quantitative estimate of drug-likeness (QED) is 0.618. The third kappa shape index (κ3) is 2.74. The van der Waals surface area contributed by atoms with Crippen LogP contribution in [0.1, 0.15) is 18.9 Å². The van der Waals surface area contributed by atoms with Gasteiger partial charge >= 0.3 is 0 Å². The molecule has 0 heterocycles. The van der Waals surface area contributed by atoms with E-state index in [-0.39, 0.29) is 0 Å². The topological polar surface area (TPSA) is 65.4 Å². The summed E-state index contributed by atoms with van der Waals surface area (Å²) in [5.41, 5.74) is 7.20. The maximum absolute atomic E-state index is 8.97. The Morgan fingerprint density at radius 2 is 2.19 bits per heavy atom. The Hall–Kier alpha value is -2.02. The molecule has 0 saturated carbocycles. The van der Waals surface area contributed by atoms with E-state index in [1.54, 1.807) is 11.0 Å². The molecule has 0 amide bonds. The van der Waals surface area contributed by atoms with Crippen LogP contribution in [0.25, 0.3) is 0 Å². The molecule has 0 radical (unpaired) electrons. The monoisotopic (exact) mass is 216 g/mol. The molecule has 0 aliphatic carbocycles. The summed E-state index contributed by atoms with van der Waals surface area (Å²) in [5.74, 6) is 0.435. The molecule has 0 fully saturated rings. The zero-order valence-electron chi connectivity index (χ0n) is 9.64. The van der Waals surface area contributed by atoms with Gasteiger partial charge in [0.25, 0.3) is 0 Å². The predicted molar refractivity (Wildman–Crippen MR) is 66.3 cm³/mol. The van der Waals surface area contributed by atoms with Gasteiger partial charge in [0.2, 0.25) is 0 Å². The number of para-hydroxylation sites is 1. The van der Waals surface area contributed by atoms with Crippen LogP contribution in [0.3, 0.4) is 0 Å². The Bertz CT molecular complexity index is 417. The van der Waals surface area contributed by atoms with Crippen LogP contribution in [-0.2, 0) is 0 Å². The second-order valence-electron chi connectivity index (χ2n) is 3.43. The van der Waals surface area contributed by atoms with Crippen LogP contribution in [0.5, 0.6) is 0 Å². The van der Waals surface area contributed by atoms with Crippen LogP contribution < -0.4 is 10.6 Å². The van der Waals surface area contributed by atoms with E-state index in [1.165, 1.54) is 0 Å². The summed E-state index contributed by atoms with van der Waals surface area (Å²) >= 11 is 0. The zero-order valence-corrected chi connectivity index (χ0v) is 9.64. The van der Waals surface area contributed by atoms with Crippen molar-refractivity contribution in [1.29, 1.82) is 5.26 Å². The van der Waals surface area contributed by atoms with Crippen molar-refractivity contribution in [2.24, 2.45) is 10.7 Å². The summed E-state index contributed by atoms with van der Waals surface area (Å²) in [7, 11) is 1.81. The number of rotatable bonds is 3. The Balaban J connectivity index is 2.96. The van der Waals surface area contributed by atoms with Crippen molar-refractivity contribution < 1.29 is 0 Å². The lowest BCUT2D eigenvalue weighted by atomic mass is 10.2. The lowest BCUT2D eigenvalue weighted by molar-refractivity contribution is 0.923. The van der Waals surface area contributed by atoms with E-state index in [9.17, 15) is 0 Å². The molecule has 1 aromatic carbocycles. The maximum atomic E-state index is 8.97. The number of benzene rings is 1. The van der Waals surface area contributed by atoms with Crippen LogP contribution in [0.15, 0.2) is 29.3 Å². The lowest BCUT2D eigenvalue weighted by Crippen LogP contribution is -2.34. The molecule has 0 unspecified atom stereocenters. The van der Waals surface area contributed by atoms with Crippen molar-refractivity contribution >= 4 is 11.6 Å². The van der Waals surface area contributed by atoms with Crippen molar-refractivity contribution in [3.05, 3.63) is 29.8 Å². The fourth-order valence-corrected chi connectivity index (χ4v) is 1.32. The van der Waals surface area contributed by atoms with Crippen molar-refractivity contribution in [1.82, 2.24) is 0 Å². The molecule has 0 atom stereocenters. The Morgan fingerprint density at radius 1 is 1.50 bits per heavy atom. The van der Waals surface area contributed by atoms with Gasteiger partial charge in [-0.15, -0.1) is 0 Å². The first-order valence-electron chi connectivity index (χ1n) is 5.23. The van der Waals surface area contributed by atoms with Gasteiger partial charge in [-0.05, 0) is 18.6 Å². The zero-order chi connectivity index (χ0) is 12.0. The lowest BCUT2D eigenvalue weighted by Gasteiger charge is -2.19. The first kappa shape index (κ1) is 12.1. The molecule has 0 bridgehead atoms. The highest BCUT2D eigenvalue weighted by Crippen LogP contribution is 2.17. The number of aliphatic imine (C=N–C) groups is 1. The second kappa shape index (κ2) is 5.76. The smallest absolute Gasteiger partial charge is 0.195 e. The SMILES string of the molecule is CCCN=C(N)N(C)c1ccccc1C#N. The first-order valence-corrected chi connectivity index (χ1v) is 5.23. The number of nitrogens with two attached hydrogens (primary N) is 1. The third-order valence-corrected chi connectivity index (χ3v) is 2.23. The Kier molecular flexibility index (Phi) is 4.34. The van der Waals surface area contributed by atoms with Gasteiger partial charge in [0, 0.05) is 13.6 Å². The van der Waals surface area contributed by atoms with E-state index in [4.69, 9.17) is 11.0 Å². The minimum absolute atomic E-state index is 0.435. The van der Waals surface area contributed by atoms with Crippen LogP contribution >= 0.6 is 0 Å². The Morgan fingerprint density at radius 3 is 2.81 bits per heavy atom. The molecule has 4 nitrogen and oxygen atoms in total. The molecule has 0 saturated heterocycles. The highest BCUT2D eigenvalue weighted by Gasteiger charge is 2.08. The van der Waals surface area contributed by atoms with Crippen LogP contribution in [0.4, 0.5) is 5.69 Å².